The molecular weight excluding hydrogens is 340 g/mol. The monoisotopic (exact) mass is 370 g/mol. The first-order chi connectivity index (χ1) is 11.7. The smallest absolute Gasteiger partial charge is 0.254 e. The molecule has 1 aliphatic rings. The van der Waals surface area contributed by atoms with Crippen molar-refractivity contribution < 1.29 is 14.3 Å². The fourth-order valence-electron chi connectivity index (χ4n) is 2.98. The molecule has 1 heterocycles. The van der Waals surface area contributed by atoms with Crippen LogP contribution in [0.25, 0.3) is 0 Å². The van der Waals surface area contributed by atoms with Gasteiger partial charge in [-0.05, 0) is 50.3 Å². The summed E-state index contributed by atoms with van der Waals surface area (Å²) >= 11 is 0. The summed E-state index contributed by atoms with van der Waals surface area (Å²) in [6.07, 6.45) is 5.01. The van der Waals surface area contributed by atoms with Crippen molar-refractivity contribution >= 4 is 18.3 Å². The predicted molar refractivity (Wildman–Crippen MR) is 103 cm³/mol. The van der Waals surface area contributed by atoms with E-state index in [0.29, 0.717) is 36.8 Å². The Morgan fingerprint density at radius 1 is 1.16 bits per heavy atom. The van der Waals surface area contributed by atoms with Crippen molar-refractivity contribution in [3.8, 4) is 11.5 Å². The molecule has 1 aromatic rings. The van der Waals surface area contributed by atoms with E-state index in [4.69, 9.17) is 15.2 Å². The van der Waals surface area contributed by atoms with Gasteiger partial charge in [0.2, 0.25) is 0 Å². The van der Waals surface area contributed by atoms with Gasteiger partial charge in [-0.25, -0.2) is 0 Å². The normalized spacial score (nSPS) is 16.9. The zero-order chi connectivity index (χ0) is 17.4. The molecule has 1 aromatic carbocycles. The maximum Gasteiger partial charge on any atom is 0.254 e. The fourth-order valence-corrected chi connectivity index (χ4v) is 2.98. The molecule has 0 saturated carbocycles. The van der Waals surface area contributed by atoms with E-state index < -0.39 is 0 Å². The summed E-state index contributed by atoms with van der Waals surface area (Å²) in [7, 11) is 0. The van der Waals surface area contributed by atoms with Crippen LogP contribution in [0.3, 0.4) is 0 Å². The molecule has 0 spiro atoms. The van der Waals surface area contributed by atoms with Crippen LogP contribution in [0.5, 0.6) is 11.5 Å². The molecule has 1 aliphatic heterocycles. The number of likely N-dealkylation sites (tertiary alicyclic amines) is 1. The van der Waals surface area contributed by atoms with Gasteiger partial charge in [-0.2, -0.15) is 0 Å². The second-order valence-electron chi connectivity index (χ2n) is 6.24. The van der Waals surface area contributed by atoms with Crippen molar-refractivity contribution in [3.63, 3.8) is 0 Å². The first-order valence-electron chi connectivity index (χ1n) is 9.11. The van der Waals surface area contributed by atoms with Gasteiger partial charge in [0.1, 0.15) is 0 Å². The van der Waals surface area contributed by atoms with E-state index >= 15 is 0 Å². The highest BCUT2D eigenvalue weighted by molar-refractivity contribution is 5.95. The van der Waals surface area contributed by atoms with Gasteiger partial charge in [-0.15, -0.1) is 12.4 Å². The summed E-state index contributed by atoms with van der Waals surface area (Å²) in [6, 6.07) is 5.62. The number of nitrogens with two attached hydrogens (primary N) is 1. The van der Waals surface area contributed by atoms with Crippen molar-refractivity contribution in [2.24, 2.45) is 5.73 Å². The van der Waals surface area contributed by atoms with Crippen LogP contribution in [0.15, 0.2) is 18.2 Å². The second kappa shape index (κ2) is 11.2. The largest absolute Gasteiger partial charge is 0.490 e. The van der Waals surface area contributed by atoms with Gasteiger partial charge in [0.25, 0.3) is 5.91 Å². The molecule has 0 aromatic heterocycles. The number of rotatable bonds is 8. The lowest BCUT2D eigenvalue weighted by atomic mass is 10.0. The van der Waals surface area contributed by atoms with Gasteiger partial charge in [0.15, 0.2) is 11.5 Å². The lowest BCUT2D eigenvalue weighted by molar-refractivity contribution is 0.0623. The molecular formula is C19H31ClN2O3. The Hall–Kier alpha value is -1.46. The standard InChI is InChI=1S/C19H30N2O3.ClH/c1-3-11-23-17-9-8-15(13-18(17)24-12-4-2)19(22)21-10-6-5-7-16(21)14-20;/h8-9,13,16H,3-7,10-12,14,20H2,1-2H3;1H. The van der Waals surface area contributed by atoms with Crippen molar-refractivity contribution in [2.75, 3.05) is 26.3 Å². The van der Waals surface area contributed by atoms with Gasteiger partial charge in [-0.1, -0.05) is 13.8 Å². The lowest BCUT2D eigenvalue weighted by Gasteiger charge is -2.35. The first-order valence-corrected chi connectivity index (χ1v) is 9.11. The van der Waals surface area contributed by atoms with Gasteiger partial charge >= 0.3 is 0 Å². The number of amides is 1. The summed E-state index contributed by atoms with van der Waals surface area (Å²) in [4.78, 5) is 14.8. The van der Waals surface area contributed by atoms with Crippen LogP contribution in [0.4, 0.5) is 0 Å². The molecule has 1 unspecified atom stereocenters. The number of halogens is 1. The van der Waals surface area contributed by atoms with Crippen LogP contribution in [0, 0.1) is 0 Å². The summed E-state index contributed by atoms with van der Waals surface area (Å²) in [5.74, 6) is 1.39. The second-order valence-corrected chi connectivity index (χ2v) is 6.24. The van der Waals surface area contributed by atoms with Crippen LogP contribution in [-0.2, 0) is 0 Å². The molecule has 25 heavy (non-hydrogen) atoms. The van der Waals surface area contributed by atoms with E-state index in [1.165, 1.54) is 0 Å². The minimum atomic E-state index is 0. The Labute approximate surface area is 157 Å². The number of hydrogen-bond acceptors (Lipinski definition) is 4. The third-order valence-corrected chi connectivity index (χ3v) is 4.27. The highest BCUT2D eigenvalue weighted by Crippen LogP contribution is 2.30. The number of ether oxygens (including phenoxy) is 2. The number of carbonyl (C=O) groups is 1. The minimum absolute atomic E-state index is 0. The summed E-state index contributed by atoms with van der Waals surface area (Å²) in [5.41, 5.74) is 6.49. The third-order valence-electron chi connectivity index (χ3n) is 4.27. The average molecular weight is 371 g/mol. The predicted octanol–water partition coefficient (Wildman–Crippen LogP) is 3.64. The molecule has 1 fully saturated rings. The van der Waals surface area contributed by atoms with E-state index in [2.05, 4.69) is 13.8 Å². The van der Waals surface area contributed by atoms with Crippen LogP contribution >= 0.6 is 12.4 Å². The van der Waals surface area contributed by atoms with E-state index in [9.17, 15) is 4.79 Å². The minimum Gasteiger partial charge on any atom is -0.490 e. The maximum atomic E-state index is 12.9. The molecule has 2 N–H and O–H groups in total. The van der Waals surface area contributed by atoms with E-state index in [1.807, 2.05) is 23.1 Å². The lowest BCUT2D eigenvalue weighted by Crippen LogP contribution is -2.47. The van der Waals surface area contributed by atoms with Gasteiger partial charge in [-0.3, -0.25) is 4.79 Å². The number of hydrogen-bond donors (Lipinski definition) is 1. The number of piperidine rings is 1. The van der Waals surface area contributed by atoms with E-state index in [0.717, 1.165) is 38.6 Å². The van der Waals surface area contributed by atoms with Crippen LogP contribution in [0.2, 0.25) is 0 Å². The molecule has 0 radical (unpaired) electrons. The Morgan fingerprint density at radius 3 is 2.48 bits per heavy atom. The number of benzene rings is 1. The highest BCUT2D eigenvalue weighted by atomic mass is 35.5. The molecule has 0 aliphatic carbocycles. The van der Waals surface area contributed by atoms with Gasteiger partial charge < -0.3 is 20.1 Å². The summed E-state index contributed by atoms with van der Waals surface area (Å²) in [5, 5.41) is 0. The Bertz CT molecular complexity index is 539. The van der Waals surface area contributed by atoms with Gasteiger partial charge in [0, 0.05) is 24.7 Å². The number of nitrogens with zero attached hydrogens (tertiary/aromatic N) is 1. The van der Waals surface area contributed by atoms with Crippen molar-refractivity contribution in [1.82, 2.24) is 4.90 Å². The Morgan fingerprint density at radius 2 is 1.84 bits per heavy atom. The van der Waals surface area contributed by atoms with E-state index in [1.54, 1.807) is 0 Å². The van der Waals surface area contributed by atoms with Crippen LogP contribution in [0.1, 0.15) is 56.3 Å². The SMILES string of the molecule is CCCOc1ccc(C(=O)N2CCCCC2CN)cc1OCCC.Cl. The molecule has 5 nitrogen and oxygen atoms in total. The van der Waals surface area contributed by atoms with Crippen molar-refractivity contribution in [3.05, 3.63) is 23.8 Å². The maximum absolute atomic E-state index is 12.9. The Balaban J connectivity index is 0.00000312. The zero-order valence-electron chi connectivity index (χ0n) is 15.3. The number of carbonyl (C=O) groups excluding carboxylic acids is 1. The Kier molecular flexibility index (Phi) is 9.68. The summed E-state index contributed by atoms with van der Waals surface area (Å²) in [6.45, 7) is 6.66. The van der Waals surface area contributed by atoms with Crippen LogP contribution < -0.4 is 15.2 Å². The molecule has 2 rings (SSSR count). The molecule has 6 heteroatoms. The topological polar surface area (TPSA) is 64.8 Å². The zero-order valence-corrected chi connectivity index (χ0v) is 16.1. The fraction of sp³-hybridized carbons (Fsp3) is 0.632. The van der Waals surface area contributed by atoms with E-state index in [-0.39, 0.29) is 24.4 Å². The van der Waals surface area contributed by atoms with Crippen molar-refractivity contribution in [1.29, 1.82) is 0 Å². The molecule has 1 amide bonds. The molecule has 0 bridgehead atoms. The first kappa shape index (κ1) is 21.6. The quantitative estimate of drug-likeness (QED) is 0.758. The third kappa shape index (κ3) is 5.79. The summed E-state index contributed by atoms with van der Waals surface area (Å²) < 4.78 is 11.5. The molecule has 142 valence electrons. The van der Waals surface area contributed by atoms with Crippen LogP contribution in [-0.4, -0.2) is 43.2 Å². The average Bonchev–Trinajstić information content (AvgIpc) is 2.64. The van der Waals surface area contributed by atoms with Crippen molar-refractivity contribution in [2.45, 2.75) is 52.0 Å². The highest BCUT2D eigenvalue weighted by Gasteiger charge is 2.27. The molecule has 1 saturated heterocycles. The van der Waals surface area contributed by atoms with Gasteiger partial charge in [0.05, 0.1) is 13.2 Å². The molecule has 1 atom stereocenters.